The predicted molar refractivity (Wildman–Crippen MR) is 86.4 cm³/mol. The quantitative estimate of drug-likeness (QED) is 0.769. The Morgan fingerprint density at radius 1 is 1.09 bits per heavy atom. The molecule has 0 bridgehead atoms. The van der Waals surface area contributed by atoms with Crippen molar-refractivity contribution in [1.29, 1.82) is 0 Å². The van der Waals surface area contributed by atoms with Crippen molar-refractivity contribution in [3.05, 3.63) is 48.4 Å². The van der Waals surface area contributed by atoms with Crippen LogP contribution in [0.5, 0.6) is 0 Å². The van der Waals surface area contributed by atoms with Crippen molar-refractivity contribution in [3.63, 3.8) is 0 Å². The zero-order chi connectivity index (χ0) is 14.8. The van der Waals surface area contributed by atoms with Crippen LogP contribution in [0.3, 0.4) is 0 Å². The second-order valence-electron chi connectivity index (χ2n) is 5.93. The molecular formula is C17H19N5. The van der Waals surface area contributed by atoms with Gasteiger partial charge in [0.2, 0.25) is 0 Å². The fraction of sp³-hybridized carbons (Fsp3) is 0.353. The van der Waals surface area contributed by atoms with Gasteiger partial charge in [-0.05, 0) is 24.3 Å². The highest BCUT2D eigenvalue weighted by Gasteiger charge is 2.27. The summed E-state index contributed by atoms with van der Waals surface area (Å²) in [6.07, 6.45) is 8.55. The highest BCUT2D eigenvalue weighted by atomic mass is 15.2. The number of H-pyrrole nitrogens is 1. The lowest BCUT2D eigenvalue weighted by Crippen LogP contribution is -2.19. The SMILES string of the molecule is c1ccc(C(Nc2ncnc3[nH]ncc23)C2CCCC2)cc1. The molecule has 2 heterocycles. The van der Waals surface area contributed by atoms with E-state index in [0.717, 1.165) is 16.9 Å². The van der Waals surface area contributed by atoms with Gasteiger partial charge in [0.1, 0.15) is 12.1 Å². The summed E-state index contributed by atoms with van der Waals surface area (Å²) >= 11 is 0. The third-order valence-corrected chi connectivity index (χ3v) is 4.57. The van der Waals surface area contributed by atoms with E-state index in [1.54, 1.807) is 12.5 Å². The molecule has 1 fully saturated rings. The number of nitrogens with one attached hydrogen (secondary N) is 2. The zero-order valence-electron chi connectivity index (χ0n) is 12.4. The molecule has 0 amide bonds. The molecule has 5 nitrogen and oxygen atoms in total. The Morgan fingerprint density at radius 3 is 2.73 bits per heavy atom. The van der Waals surface area contributed by atoms with Crippen LogP contribution in [-0.4, -0.2) is 20.2 Å². The summed E-state index contributed by atoms with van der Waals surface area (Å²) in [4.78, 5) is 8.64. The van der Waals surface area contributed by atoms with Gasteiger partial charge in [-0.1, -0.05) is 43.2 Å². The monoisotopic (exact) mass is 293 g/mol. The average molecular weight is 293 g/mol. The number of nitrogens with zero attached hydrogens (tertiary/aromatic N) is 3. The summed E-state index contributed by atoms with van der Waals surface area (Å²) in [7, 11) is 0. The van der Waals surface area contributed by atoms with Gasteiger partial charge in [0.25, 0.3) is 0 Å². The molecule has 1 aliphatic carbocycles. The van der Waals surface area contributed by atoms with E-state index in [1.807, 2.05) is 0 Å². The molecule has 0 saturated heterocycles. The van der Waals surface area contributed by atoms with Gasteiger partial charge >= 0.3 is 0 Å². The Morgan fingerprint density at radius 2 is 1.91 bits per heavy atom. The molecule has 0 aliphatic heterocycles. The van der Waals surface area contributed by atoms with E-state index >= 15 is 0 Å². The van der Waals surface area contributed by atoms with Crippen molar-refractivity contribution in [2.24, 2.45) is 5.92 Å². The minimum absolute atomic E-state index is 0.289. The van der Waals surface area contributed by atoms with Gasteiger partial charge in [-0.25, -0.2) is 9.97 Å². The van der Waals surface area contributed by atoms with Gasteiger partial charge in [0, 0.05) is 0 Å². The normalized spacial score (nSPS) is 16.9. The maximum atomic E-state index is 4.43. The molecule has 0 spiro atoms. The van der Waals surface area contributed by atoms with Crippen LogP contribution >= 0.6 is 0 Å². The van der Waals surface area contributed by atoms with Crippen LogP contribution in [0.2, 0.25) is 0 Å². The highest BCUT2D eigenvalue weighted by molar-refractivity contribution is 5.85. The van der Waals surface area contributed by atoms with Gasteiger partial charge in [0.15, 0.2) is 5.65 Å². The summed E-state index contributed by atoms with van der Waals surface area (Å²) in [5.74, 6) is 1.51. The minimum atomic E-state index is 0.289. The van der Waals surface area contributed by atoms with E-state index in [4.69, 9.17) is 0 Å². The number of hydrogen-bond donors (Lipinski definition) is 2. The van der Waals surface area contributed by atoms with Crippen LogP contribution in [-0.2, 0) is 0 Å². The number of benzene rings is 1. The Bertz CT molecular complexity index is 746. The molecule has 5 heteroatoms. The molecule has 112 valence electrons. The van der Waals surface area contributed by atoms with Crippen molar-refractivity contribution in [3.8, 4) is 0 Å². The average Bonchev–Trinajstić information content (AvgIpc) is 3.25. The van der Waals surface area contributed by atoms with Crippen molar-refractivity contribution in [2.75, 3.05) is 5.32 Å². The zero-order valence-corrected chi connectivity index (χ0v) is 12.4. The molecular weight excluding hydrogens is 274 g/mol. The number of hydrogen-bond acceptors (Lipinski definition) is 4. The lowest BCUT2D eigenvalue weighted by molar-refractivity contribution is 0.469. The molecule has 1 aromatic carbocycles. The standard InChI is InChI=1S/C17H19N5/c1-2-6-12(7-3-1)15(13-8-4-5-9-13)21-16-14-10-20-22-17(14)19-11-18-16/h1-3,6-7,10-11,13,15H,4-5,8-9H2,(H2,18,19,20,21,22). The topological polar surface area (TPSA) is 66.5 Å². The highest BCUT2D eigenvalue weighted by Crippen LogP contribution is 2.38. The van der Waals surface area contributed by atoms with Crippen LogP contribution < -0.4 is 5.32 Å². The summed E-state index contributed by atoms with van der Waals surface area (Å²) in [5, 5.41) is 11.6. The second-order valence-corrected chi connectivity index (χ2v) is 5.93. The first-order valence-electron chi connectivity index (χ1n) is 7.87. The van der Waals surface area contributed by atoms with Crippen molar-refractivity contribution in [1.82, 2.24) is 20.2 Å². The Balaban J connectivity index is 1.70. The molecule has 22 heavy (non-hydrogen) atoms. The Hall–Kier alpha value is -2.43. The van der Waals surface area contributed by atoms with Crippen LogP contribution in [0.25, 0.3) is 11.0 Å². The molecule has 3 aromatic rings. The number of rotatable bonds is 4. The smallest absolute Gasteiger partial charge is 0.160 e. The molecule has 1 unspecified atom stereocenters. The summed E-state index contributed by atoms with van der Waals surface area (Å²) in [6, 6.07) is 11.0. The summed E-state index contributed by atoms with van der Waals surface area (Å²) < 4.78 is 0. The molecule has 1 aliphatic rings. The predicted octanol–water partition coefficient (Wildman–Crippen LogP) is 3.70. The van der Waals surface area contributed by atoms with E-state index in [1.165, 1.54) is 31.2 Å². The van der Waals surface area contributed by atoms with Crippen molar-refractivity contribution in [2.45, 2.75) is 31.7 Å². The third-order valence-electron chi connectivity index (χ3n) is 4.57. The lowest BCUT2D eigenvalue weighted by Gasteiger charge is -2.26. The Kier molecular flexibility index (Phi) is 3.46. The van der Waals surface area contributed by atoms with Gasteiger partial charge in [0.05, 0.1) is 17.6 Å². The molecule has 4 rings (SSSR count). The summed E-state index contributed by atoms with van der Waals surface area (Å²) in [5.41, 5.74) is 2.10. The van der Waals surface area contributed by atoms with Gasteiger partial charge in [-0.3, -0.25) is 5.10 Å². The Labute approximate surface area is 129 Å². The van der Waals surface area contributed by atoms with E-state index in [0.29, 0.717) is 5.92 Å². The number of anilines is 1. The van der Waals surface area contributed by atoms with Gasteiger partial charge in [-0.2, -0.15) is 5.10 Å². The fourth-order valence-electron chi connectivity index (χ4n) is 3.45. The molecule has 2 N–H and O–H groups in total. The maximum absolute atomic E-state index is 4.43. The number of aromatic amines is 1. The van der Waals surface area contributed by atoms with Crippen LogP contribution in [0.15, 0.2) is 42.9 Å². The first-order valence-corrected chi connectivity index (χ1v) is 7.87. The third kappa shape index (κ3) is 2.43. The maximum Gasteiger partial charge on any atom is 0.160 e. The van der Waals surface area contributed by atoms with Gasteiger partial charge < -0.3 is 5.32 Å². The minimum Gasteiger partial charge on any atom is -0.362 e. The number of fused-ring (bicyclic) bond motifs is 1. The van der Waals surface area contributed by atoms with Crippen LogP contribution in [0.4, 0.5) is 5.82 Å². The summed E-state index contributed by atoms with van der Waals surface area (Å²) in [6.45, 7) is 0. The van der Waals surface area contributed by atoms with E-state index in [-0.39, 0.29) is 6.04 Å². The van der Waals surface area contributed by atoms with Crippen LogP contribution in [0.1, 0.15) is 37.3 Å². The molecule has 2 aromatic heterocycles. The lowest BCUT2D eigenvalue weighted by atomic mass is 9.91. The molecule has 0 radical (unpaired) electrons. The van der Waals surface area contributed by atoms with Crippen molar-refractivity contribution >= 4 is 16.9 Å². The second kappa shape index (κ2) is 5.75. The molecule has 1 atom stereocenters. The molecule has 1 saturated carbocycles. The fourth-order valence-corrected chi connectivity index (χ4v) is 3.45. The number of aromatic nitrogens is 4. The van der Waals surface area contributed by atoms with Crippen LogP contribution in [0, 0.1) is 5.92 Å². The largest absolute Gasteiger partial charge is 0.362 e. The van der Waals surface area contributed by atoms with Gasteiger partial charge in [-0.15, -0.1) is 0 Å². The van der Waals surface area contributed by atoms with E-state index in [9.17, 15) is 0 Å². The first kappa shape index (κ1) is 13.2. The van der Waals surface area contributed by atoms with E-state index < -0.39 is 0 Å². The van der Waals surface area contributed by atoms with Crippen molar-refractivity contribution < 1.29 is 0 Å². The first-order chi connectivity index (χ1) is 10.9. The van der Waals surface area contributed by atoms with E-state index in [2.05, 4.69) is 55.8 Å².